The SMILES string of the molecule is OCCNNC(=S)Nc1ccccc1. The molecule has 0 radical (unpaired) electrons. The van der Waals surface area contributed by atoms with Gasteiger partial charge in [0.25, 0.3) is 0 Å². The number of rotatable bonds is 4. The molecule has 1 rings (SSSR count). The Morgan fingerprint density at radius 3 is 2.64 bits per heavy atom. The van der Waals surface area contributed by atoms with Gasteiger partial charge in [-0.05, 0) is 24.4 Å². The van der Waals surface area contributed by atoms with Gasteiger partial charge in [-0.1, -0.05) is 18.2 Å². The molecular formula is C9H13N3OS. The van der Waals surface area contributed by atoms with E-state index in [0.717, 1.165) is 5.69 Å². The van der Waals surface area contributed by atoms with Crippen LogP contribution in [0, 0.1) is 0 Å². The van der Waals surface area contributed by atoms with Crippen LogP contribution in [-0.2, 0) is 0 Å². The number of thiocarbonyl (C=S) groups is 1. The Bertz CT molecular complexity index is 279. The highest BCUT2D eigenvalue weighted by Crippen LogP contribution is 2.03. The van der Waals surface area contributed by atoms with Crippen molar-refractivity contribution in [3.05, 3.63) is 30.3 Å². The Kier molecular flexibility index (Phi) is 4.92. The summed E-state index contributed by atoms with van der Waals surface area (Å²) in [7, 11) is 0. The van der Waals surface area contributed by atoms with Crippen molar-refractivity contribution in [3.63, 3.8) is 0 Å². The van der Waals surface area contributed by atoms with Crippen molar-refractivity contribution in [3.8, 4) is 0 Å². The third kappa shape index (κ3) is 4.18. The molecule has 0 fully saturated rings. The second-order valence-corrected chi connectivity index (χ2v) is 3.00. The molecule has 0 saturated heterocycles. The molecule has 76 valence electrons. The van der Waals surface area contributed by atoms with Gasteiger partial charge in [0.15, 0.2) is 5.11 Å². The van der Waals surface area contributed by atoms with Gasteiger partial charge in [-0.15, -0.1) is 0 Å². The zero-order chi connectivity index (χ0) is 10.2. The van der Waals surface area contributed by atoms with E-state index in [4.69, 9.17) is 17.3 Å². The number of nitrogens with one attached hydrogen (secondary N) is 3. The lowest BCUT2D eigenvalue weighted by atomic mass is 10.3. The minimum absolute atomic E-state index is 0.0704. The molecule has 0 saturated carbocycles. The number of anilines is 1. The molecular weight excluding hydrogens is 198 g/mol. The molecule has 0 atom stereocenters. The van der Waals surface area contributed by atoms with Crippen molar-refractivity contribution < 1.29 is 5.11 Å². The highest BCUT2D eigenvalue weighted by Gasteiger charge is 1.94. The van der Waals surface area contributed by atoms with E-state index >= 15 is 0 Å². The van der Waals surface area contributed by atoms with Crippen molar-refractivity contribution in [2.24, 2.45) is 0 Å². The predicted octanol–water partition coefficient (Wildman–Crippen LogP) is 0.470. The largest absolute Gasteiger partial charge is 0.395 e. The lowest BCUT2D eigenvalue weighted by Crippen LogP contribution is -2.41. The minimum Gasteiger partial charge on any atom is -0.395 e. The zero-order valence-corrected chi connectivity index (χ0v) is 8.47. The average Bonchev–Trinajstić information content (AvgIpc) is 2.20. The second kappa shape index (κ2) is 6.31. The molecule has 0 unspecified atom stereocenters. The molecule has 4 N–H and O–H groups in total. The molecule has 0 aromatic heterocycles. The van der Waals surface area contributed by atoms with Crippen LogP contribution >= 0.6 is 12.2 Å². The van der Waals surface area contributed by atoms with Crippen molar-refractivity contribution in [1.82, 2.24) is 10.9 Å². The first-order valence-electron chi connectivity index (χ1n) is 4.28. The van der Waals surface area contributed by atoms with Crippen LogP contribution in [0.25, 0.3) is 0 Å². The van der Waals surface area contributed by atoms with Crippen molar-refractivity contribution in [2.75, 3.05) is 18.5 Å². The van der Waals surface area contributed by atoms with E-state index in [1.807, 2.05) is 30.3 Å². The Morgan fingerprint density at radius 1 is 1.29 bits per heavy atom. The van der Waals surface area contributed by atoms with Gasteiger partial charge < -0.3 is 10.4 Å². The van der Waals surface area contributed by atoms with E-state index in [1.54, 1.807) is 0 Å². The van der Waals surface area contributed by atoms with Crippen molar-refractivity contribution >= 4 is 23.0 Å². The fourth-order valence-corrected chi connectivity index (χ4v) is 1.07. The van der Waals surface area contributed by atoms with Crippen LogP contribution < -0.4 is 16.2 Å². The highest BCUT2D eigenvalue weighted by atomic mass is 32.1. The van der Waals surface area contributed by atoms with Crippen LogP contribution in [0.3, 0.4) is 0 Å². The molecule has 1 aromatic carbocycles. The summed E-state index contributed by atoms with van der Waals surface area (Å²) >= 11 is 4.98. The second-order valence-electron chi connectivity index (χ2n) is 2.60. The Balaban J connectivity index is 2.27. The summed E-state index contributed by atoms with van der Waals surface area (Å²) < 4.78 is 0. The quantitative estimate of drug-likeness (QED) is 0.331. The molecule has 0 heterocycles. The van der Waals surface area contributed by atoms with Crippen LogP contribution in [0.2, 0.25) is 0 Å². The number of hydrogen-bond acceptors (Lipinski definition) is 3. The maximum Gasteiger partial charge on any atom is 0.185 e. The van der Waals surface area contributed by atoms with E-state index < -0.39 is 0 Å². The molecule has 0 aliphatic heterocycles. The smallest absolute Gasteiger partial charge is 0.185 e. The van der Waals surface area contributed by atoms with Gasteiger partial charge in [-0.3, -0.25) is 5.43 Å². The van der Waals surface area contributed by atoms with Crippen molar-refractivity contribution in [2.45, 2.75) is 0 Å². The summed E-state index contributed by atoms with van der Waals surface area (Å²) in [5, 5.41) is 12.0. The molecule has 14 heavy (non-hydrogen) atoms. The van der Waals surface area contributed by atoms with Crippen LogP contribution in [-0.4, -0.2) is 23.4 Å². The summed E-state index contributed by atoms with van der Waals surface area (Å²) in [5.74, 6) is 0. The normalized spacial score (nSPS) is 9.50. The summed E-state index contributed by atoms with van der Waals surface area (Å²) in [6.07, 6.45) is 0. The predicted molar refractivity (Wildman–Crippen MR) is 60.9 cm³/mol. The van der Waals surface area contributed by atoms with E-state index in [2.05, 4.69) is 16.2 Å². The van der Waals surface area contributed by atoms with Gasteiger partial charge in [-0.2, -0.15) is 0 Å². The fraction of sp³-hybridized carbons (Fsp3) is 0.222. The molecule has 4 nitrogen and oxygen atoms in total. The van der Waals surface area contributed by atoms with Gasteiger partial charge in [0.05, 0.1) is 6.61 Å². The Hall–Kier alpha value is -1.17. The standard InChI is InChI=1S/C9H13N3OS/c13-7-6-10-12-9(14)11-8-4-2-1-3-5-8/h1-5,10,13H,6-7H2,(H2,11,12,14). The van der Waals surface area contributed by atoms with Gasteiger partial charge in [-0.25, -0.2) is 5.43 Å². The van der Waals surface area contributed by atoms with Crippen LogP contribution in [0.4, 0.5) is 5.69 Å². The minimum atomic E-state index is 0.0704. The molecule has 0 aliphatic carbocycles. The number of para-hydroxylation sites is 1. The first kappa shape index (κ1) is 10.9. The number of hydrazine groups is 1. The van der Waals surface area contributed by atoms with Gasteiger partial charge in [0.2, 0.25) is 0 Å². The summed E-state index contributed by atoms with van der Waals surface area (Å²) in [5.41, 5.74) is 6.42. The van der Waals surface area contributed by atoms with E-state index in [0.29, 0.717) is 11.7 Å². The summed E-state index contributed by atoms with van der Waals surface area (Å²) in [4.78, 5) is 0. The number of hydrogen-bond donors (Lipinski definition) is 4. The molecule has 0 aliphatic rings. The summed E-state index contributed by atoms with van der Waals surface area (Å²) in [6.45, 7) is 0.525. The van der Waals surface area contributed by atoms with Gasteiger partial charge >= 0.3 is 0 Å². The molecule has 0 spiro atoms. The molecule has 5 heteroatoms. The lowest BCUT2D eigenvalue weighted by Gasteiger charge is -2.10. The zero-order valence-electron chi connectivity index (χ0n) is 7.66. The van der Waals surface area contributed by atoms with E-state index in [9.17, 15) is 0 Å². The molecule has 0 bridgehead atoms. The van der Waals surface area contributed by atoms with Crippen LogP contribution in [0.1, 0.15) is 0 Å². The lowest BCUT2D eigenvalue weighted by molar-refractivity contribution is 0.289. The van der Waals surface area contributed by atoms with E-state index in [-0.39, 0.29) is 6.61 Å². The number of aliphatic hydroxyl groups excluding tert-OH is 1. The van der Waals surface area contributed by atoms with Crippen molar-refractivity contribution in [1.29, 1.82) is 0 Å². The maximum absolute atomic E-state index is 8.50. The summed E-state index contributed by atoms with van der Waals surface area (Å²) in [6, 6.07) is 9.61. The Morgan fingerprint density at radius 2 is 2.00 bits per heavy atom. The first-order chi connectivity index (χ1) is 6.83. The topological polar surface area (TPSA) is 56.3 Å². The molecule has 0 amide bonds. The average molecular weight is 211 g/mol. The van der Waals surface area contributed by atoms with Crippen LogP contribution in [0.15, 0.2) is 30.3 Å². The maximum atomic E-state index is 8.50. The monoisotopic (exact) mass is 211 g/mol. The third-order valence-corrected chi connectivity index (χ3v) is 1.67. The fourth-order valence-electron chi connectivity index (χ4n) is 0.883. The van der Waals surface area contributed by atoms with Gasteiger partial charge in [0, 0.05) is 12.2 Å². The van der Waals surface area contributed by atoms with Gasteiger partial charge in [0.1, 0.15) is 0 Å². The third-order valence-electron chi connectivity index (χ3n) is 1.47. The highest BCUT2D eigenvalue weighted by molar-refractivity contribution is 7.80. The van der Waals surface area contributed by atoms with Crippen LogP contribution in [0.5, 0.6) is 0 Å². The number of benzene rings is 1. The van der Waals surface area contributed by atoms with E-state index in [1.165, 1.54) is 0 Å². The molecule has 1 aromatic rings. The number of aliphatic hydroxyl groups is 1. The first-order valence-corrected chi connectivity index (χ1v) is 4.69. The Labute approximate surface area is 88.3 Å².